The number of hydrogen-bond acceptors (Lipinski definition) is 3. The normalized spacial score (nSPS) is 15.3. The fourth-order valence-electron chi connectivity index (χ4n) is 4.29. The minimum Gasteiger partial charge on any atom is -1.00 e. The van der Waals surface area contributed by atoms with Crippen molar-refractivity contribution in [2.75, 3.05) is 0 Å². The van der Waals surface area contributed by atoms with E-state index in [2.05, 4.69) is 0 Å². The molecule has 10 heteroatoms. The Labute approximate surface area is 244 Å². The first-order valence-electron chi connectivity index (χ1n) is 10.6. The fourth-order valence-corrected chi connectivity index (χ4v) is 4.69. The molecular formula is C24H24ClF3KNO4. The molecule has 4 rings (SSSR count). The molecule has 34 heavy (non-hydrogen) atoms. The van der Waals surface area contributed by atoms with Crippen molar-refractivity contribution in [3.8, 4) is 11.5 Å². The Morgan fingerprint density at radius 1 is 1.26 bits per heavy atom. The predicted octanol–water partition coefficient (Wildman–Crippen LogP) is 3.76. The van der Waals surface area contributed by atoms with Crippen LogP contribution in [0.1, 0.15) is 50.9 Å². The predicted molar refractivity (Wildman–Crippen MR) is 119 cm³/mol. The number of nitrogens with zero attached hydrogens (tertiary/aromatic N) is 1. The van der Waals surface area contributed by atoms with Crippen molar-refractivity contribution in [2.24, 2.45) is 0 Å². The zero-order chi connectivity index (χ0) is 23.9. The van der Waals surface area contributed by atoms with E-state index in [-0.39, 0.29) is 83.6 Å². The Balaban J connectivity index is 0.00000216. The summed E-state index contributed by atoms with van der Waals surface area (Å²) < 4.78 is 53.5. The topological polar surface area (TPSA) is 60.7 Å². The largest absolute Gasteiger partial charge is 1.00 e. The van der Waals surface area contributed by atoms with Gasteiger partial charge in [0.15, 0.2) is 0 Å². The van der Waals surface area contributed by atoms with Crippen LogP contribution in [-0.2, 0) is 24.1 Å². The molecule has 0 spiro atoms. The van der Waals surface area contributed by atoms with Gasteiger partial charge in [0.05, 0.1) is 28.6 Å². The number of carboxylic acids is 1. The average molecular weight is 522 g/mol. The second-order valence-corrected chi connectivity index (χ2v) is 8.77. The van der Waals surface area contributed by atoms with E-state index in [0.717, 1.165) is 22.7 Å². The number of rotatable bonds is 7. The maximum atomic E-state index is 13.5. The summed E-state index contributed by atoms with van der Waals surface area (Å²) in [5.41, 5.74) is 1.20. The summed E-state index contributed by atoms with van der Waals surface area (Å²) in [6.07, 6.45) is -4.21. The Bertz CT molecular complexity index is 1220. The molecule has 1 N–H and O–H groups in total. The summed E-state index contributed by atoms with van der Waals surface area (Å²) >= 11 is 6.59. The number of ether oxygens (including phenoxy) is 2. The Morgan fingerprint density at radius 3 is 2.65 bits per heavy atom. The minimum absolute atomic E-state index is 0. The first-order chi connectivity index (χ1) is 15.5. The van der Waals surface area contributed by atoms with Crippen LogP contribution in [-0.4, -0.2) is 21.7 Å². The zero-order valence-corrected chi connectivity index (χ0v) is 23.0. The smallest absolute Gasteiger partial charge is 1.00 e. The molecule has 1 unspecified atom stereocenters. The molecule has 0 saturated carbocycles. The third kappa shape index (κ3) is 5.76. The van der Waals surface area contributed by atoms with Gasteiger partial charge in [-0.15, -0.1) is 0 Å². The van der Waals surface area contributed by atoms with Crippen LogP contribution in [0.5, 0.6) is 11.5 Å². The van der Waals surface area contributed by atoms with E-state index in [1.54, 1.807) is 32.0 Å². The molecule has 0 bridgehead atoms. The fraction of sp³-hybridized carbons (Fsp3) is 0.375. The van der Waals surface area contributed by atoms with Gasteiger partial charge in [-0.25, -0.2) is 0 Å². The summed E-state index contributed by atoms with van der Waals surface area (Å²) in [6, 6.07) is 9.19. The molecule has 178 valence electrons. The zero-order valence-electron chi connectivity index (χ0n) is 20.1. The van der Waals surface area contributed by atoms with Crippen molar-refractivity contribution in [1.82, 2.24) is 4.57 Å². The van der Waals surface area contributed by atoms with E-state index in [1.807, 2.05) is 10.6 Å². The molecule has 0 aliphatic carbocycles. The monoisotopic (exact) mass is 521 g/mol. The number of alkyl halides is 3. The van der Waals surface area contributed by atoms with Gasteiger partial charge < -0.3 is 20.6 Å². The molecule has 1 aliphatic heterocycles. The molecule has 0 saturated heterocycles. The molecule has 0 amide bonds. The Morgan fingerprint density at radius 2 is 2.00 bits per heavy atom. The van der Waals surface area contributed by atoms with Gasteiger partial charge in [-0.05, 0) is 56.2 Å². The summed E-state index contributed by atoms with van der Waals surface area (Å²) in [5, 5.41) is 10.4. The maximum Gasteiger partial charge on any atom is 1.00 e. The minimum atomic E-state index is -4.55. The van der Waals surface area contributed by atoms with E-state index in [9.17, 15) is 18.0 Å². The molecule has 0 fully saturated rings. The number of hydrogen-bond donors (Lipinski definition) is 1. The number of aromatic nitrogens is 1. The molecule has 3 aromatic rings. The van der Waals surface area contributed by atoms with Crippen LogP contribution in [0.15, 0.2) is 36.4 Å². The standard InChI is InChI=1S/C24H23ClF3NO4.K.H/c1-13(2)33-20-6-3-14(9-18(20)24(26,27)28)12-32-16-4-5-19-17(11-16)22(25)23-15(10-21(30)31)7-8-29(19)23;;/h3-6,9,11,13,15H,7-8,10,12H2,1-2H3,(H,30,31);;/q;+1;-1. The maximum absolute atomic E-state index is 13.5. The van der Waals surface area contributed by atoms with Crippen LogP contribution in [0, 0.1) is 0 Å². The Hall–Kier alpha value is -1.23. The van der Waals surface area contributed by atoms with Crippen molar-refractivity contribution < 1.29 is 85.4 Å². The molecule has 1 atom stereocenters. The number of benzene rings is 2. The van der Waals surface area contributed by atoms with Crippen LogP contribution in [0.3, 0.4) is 0 Å². The molecule has 5 nitrogen and oxygen atoms in total. The molecule has 0 radical (unpaired) electrons. The van der Waals surface area contributed by atoms with Crippen LogP contribution in [0.2, 0.25) is 5.02 Å². The number of halogens is 4. The van der Waals surface area contributed by atoms with Gasteiger partial charge in [0, 0.05) is 23.5 Å². The second-order valence-electron chi connectivity index (χ2n) is 8.40. The van der Waals surface area contributed by atoms with E-state index in [4.69, 9.17) is 26.2 Å². The Kier molecular flexibility index (Phi) is 8.69. The third-order valence-electron chi connectivity index (χ3n) is 5.64. The number of fused-ring (bicyclic) bond motifs is 3. The van der Waals surface area contributed by atoms with Gasteiger partial charge in [-0.1, -0.05) is 17.7 Å². The van der Waals surface area contributed by atoms with Crippen molar-refractivity contribution in [3.63, 3.8) is 0 Å². The van der Waals surface area contributed by atoms with Crippen LogP contribution in [0.4, 0.5) is 13.2 Å². The van der Waals surface area contributed by atoms with Gasteiger partial charge in [-0.2, -0.15) is 13.2 Å². The van der Waals surface area contributed by atoms with Gasteiger partial charge >= 0.3 is 63.5 Å². The first kappa shape index (κ1) is 27.4. The summed E-state index contributed by atoms with van der Waals surface area (Å²) in [6.45, 7) is 3.95. The van der Waals surface area contributed by atoms with Crippen LogP contribution < -0.4 is 60.9 Å². The summed E-state index contributed by atoms with van der Waals surface area (Å²) in [5.74, 6) is -0.783. The third-order valence-corrected chi connectivity index (χ3v) is 6.03. The van der Waals surface area contributed by atoms with Gasteiger partial charge in [0.2, 0.25) is 0 Å². The number of aryl methyl sites for hydroxylation is 1. The molecule has 1 aliphatic rings. The van der Waals surface area contributed by atoms with E-state index < -0.39 is 17.7 Å². The first-order valence-corrected chi connectivity index (χ1v) is 11.0. The van der Waals surface area contributed by atoms with Gasteiger partial charge in [0.25, 0.3) is 0 Å². The second kappa shape index (κ2) is 10.8. The quantitative estimate of drug-likeness (QED) is 0.481. The summed E-state index contributed by atoms with van der Waals surface area (Å²) in [4.78, 5) is 11.2. The molecule has 1 aromatic heterocycles. The van der Waals surface area contributed by atoms with Crippen LogP contribution in [0.25, 0.3) is 10.9 Å². The number of carbonyl (C=O) groups is 1. The van der Waals surface area contributed by atoms with E-state index in [1.165, 1.54) is 6.07 Å². The van der Waals surface area contributed by atoms with Gasteiger partial charge in [-0.3, -0.25) is 4.79 Å². The van der Waals surface area contributed by atoms with E-state index >= 15 is 0 Å². The van der Waals surface area contributed by atoms with Crippen molar-refractivity contribution in [3.05, 3.63) is 58.2 Å². The molecule has 2 heterocycles. The number of carboxylic acid groups (broad SMARTS) is 1. The van der Waals surface area contributed by atoms with Gasteiger partial charge in [0.1, 0.15) is 18.1 Å². The molecule has 2 aromatic carbocycles. The van der Waals surface area contributed by atoms with Crippen molar-refractivity contribution in [2.45, 2.75) is 58.0 Å². The van der Waals surface area contributed by atoms with E-state index in [0.29, 0.717) is 29.3 Å². The summed E-state index contributed by atoms with van der Waals surface area (Å²) in [7, 11) is 0. The average Bonchev–Trinajstić information content (AvgIpc) is 3.25. The number of aliphatic carboxylic acids is 1. The molecular weight excluding hydrogens is 498 g/mol. The van der Waals surface area contributed by atoms with Crippen molar-refractivity contribution in [1.29, 1.82) is 0 Å². The van der Waals surface area contributed by atoms with Crippen LogP contribution >= 0.6 is 11.6 Å². The van der Waals surface area contributed by atoms with Crippen molar-refractivity contribution >= 4 is 28.5 Å². The SMILES string of the molecule is CC(C)Oc1ccc(COc2ccc3c(c2)c(Cl)c2n3CCC2CC(=O)O)cc1C(F)(F)F.[H-].[K+].